The molecular formula is C15H27N3. The summed E-state index contributed by atoms with van der Waals surface area (Å²) in [7, 11) is 0. The van der Waals surface area contributed by atoms with Crippen molar-refractivity contribution in [3.8, 4) is 0 Å². The first-order chi connectivity index (χ1) is 8.52. The molecule has 0 N–H and O–H groups in total. The highest BCUT2D eigenvalue weighted by Crippen LogP contribution is 2.42. The number of hydrogen-bond donors (Lipinski definition) is 0. The average Bonchev–Trinajstić information content (AvgIpc) is 2.77. The van der Waals surface area contributed by atoms with Crippen LogP contribution < -0.4 is 0 Å². The zero-order valence-corrected chi connectivity index (χ0v) is 12.3. The zero-order chi connectivity index (χ0) is 13.2. The second-order valence-electron chi connectivity index (χ2n) is 6.80. The Morgan fingerprint density at radius 1 is 1.22 bits per heavy atom. The van der Waals surface area contributed by atoms with Gasteiger partial charge < -0.3 is 4.57 Å². The van der Waals surface area contributed by atoms with Crippen LogP contribution in [0.5, 0.6) is 0 Å². The van der Waals surface area contributed by atoms with Gasteiger partial charge in [0.05, 0.1) is 0 Å². The Kier molecular flexibility index (Phi) is 4.08. The first-order valence-electron chi connectivity index (χ1n) is 7.40. The molecule has 1 aliphatic rings. The maximum atomic E-state index is 4.36. The minimum Gasteiger partial charge on any atom is -0.317 e. The first kappa shape index (κ1) is 13.6. The topological polar surface area (TPSA) is 30.7 Å². The van der Waals surface area contributed by atoms with Crippen molar-refractivity contribution < 1.29 is 0 Å². The van der Waals surface area contributed by atoms with Crippen molar-refractivity contribution in [2.45, 2.75) is 72.3 Å². The van der Waals surface area contributed by atoms with Gasteiger partial charge in [-0.1, -0.05) is 27.7 Å². The molecule has 0 radical (unpaired) electrons. The Morgan fingerprint density at radius 2 is 1.89 bits per heavy atom. The fourth-order valence-corrected chi connectivity index (χ4v) is 3.21. The van der Waals surface area contributed by atoms with Crippen LogP contribution in [0.15, 0.2) is 6.33 Å². The smallest absolute Gasteiger partial charge is 0.135 e. The maximum absolute atomic E-state index is 4.36. The van der Waals surface area contributed by atoms with Crippen molar-refractivity contribution in [2.75, 3.05) is 0 Å². The average molecular weight is 249 g/mol. The van der Waals surface area contributed by atoms with E-state index in [-0.39, 0.29) is 0 Å². The van der Waals surface area contributed by atoms with Crippen LogP contribution in [0.4, 0.5) is 0 Å². The zero-order valence-electron chi connectivity index (χ0n) is 12.3. The van der Waals surface area contributed by atoms with E-state index in [0.29, 0.717) is 11.3 Å². The molecule has 0 amide bonds. The minimum atomic E-state index is 0.460. The summed E-state index contributed by atoms with van der Waals surface area (Å²) in [5.41, 5.74) is 0.460. The summed E-state index contributed by atoms with van der Waals surface area (Å²) < 4.78 is 2.25. The fourth-order valence-electron chi connectivity index (χ4n) is 3.21. The van der Waals surface area contributed by atoms with E-state index in [9.17, 15) is 0 Å². The third kappa shape index (κ3) is 2.93. The normalized spacial score (nSPS) is 25.3. The Hall–Kier alpha value is -0.860. The van der Waals surface area contributed by atoms with Crippen molar-refractivity contribution >= 4 is 0 Å². The molecule has 0 spiro atoms. The van der Waals surface area contributed by atoms with E-state index >= 15 is 0 Å². The van der Waals surface area contributed by atoms with Gasteiger partial charge in [0, 0.05) is 12.5 Å². The molecule has 1 fully saturated rings. The lowest BCUT2D eigenvalue weighted by Gasteiger charge is -2.36. The maximum Gasteiger partial charge on any atom is 0.135 e. The summed E-state index contributed by atoms with van der Waals surface area (Å²) in [6, 6.07) is 0. The van der Waals surface area contributed by atoms with Crippen LogP contribution in [0.2, 0.25) is 0 Å². The molecule has 3 nitrogen and oxygen atoms in total. The lowest BCUT2D eigenvalue weighted by Crippen LogP contribution is -2.26. The monoisotopic (exact) mass is 249 g/mol. The summed E-state index contributed by atoms with van der Waals surface area (Å²) in [6.07, 6.45) is 8.30. The summed E-state index contributed by atoms with van der Waals surface area (Å²) in [6.45, 7) is 10.4. The van der Waals surface area contributed by atoms with Crippen molar-refractivity contribution in [3.05, 3.63) is 12.2 Å². The van der Waals surface area contributed by atoms with Gasteiger partial charge in [-0.3, -0.25) is 0 Å². The third-order valence-corrected chi connectivity index (χ3v) is 4.43. The summed E-state index contributed by atoms with van der Waals surface area (Å²) in [4.78, 5) is 0. The highest BCUT2D eigenvalue weighted by atomic mass is 15.3. The van der Waals surface area contributed by atoms with Gasteiger partial charge >= 0.3 is 0 Å². The molecule has 0 atom stereocenters. The van der Waals surface area contributed by atoms with Crippen LogP contribution in [0.1, 0.15) is 71.5 Å². The second kappa shape index (κ2) is 5.41. The molecular weight excluding hydrogens is 222 g/mol. The Bertz CT molecular complexity index is 367. The molecule has 1 saturated carbocycles. The van der Waals surface area contributed by atoms with Crippen LogP contribution in [-0.2, 0) is 6.54 Å². The highest BCUT2D eigenvalue weighted by Gasteiger charge is 2.31. The molecule has 3 heteroatoms. The van der Waals surface area contributed by atoms with Gasteiger partial charge in [0.25, 0.3) is 0 Å². The highest BCUT2D eigenvalue weighted by molar-refractivity contribution is 4.99. The predicted octanol–water partition coefficient (Wildman–Crippen LogP) is 4.01. The van der Waals surface area contributed by atoms with Gasteiger partial charge in [-0.25, -0.2) is 0 Å². The van der Waals surface area contributed by atoms with Crippen LogP contribution >= 0.6 is 0 Å². The third-order valence-electron chi connectivity index (χ3n) is 4.43. The molecule has 1 aromatic heterocycles. The van der Waals surface area contributed by atoms with E-state index in [2.05, 4.69) is 42.5 Å². The molecule has 1 aliphatic carbocycles. The fraction of sp³-hybridized carbons (Fsp3) is 0.867. The molecule has 0 aromatic carbocycles. The lowest BCUT2D eigenvalue weighted by molar-refractivity contribution is 0.166. The first-order valence-corrected chi connectivity index (χ1v) is 7.40. The molecule has 2 rings (SSSR count). The Morgan fingerprint density at radius 3 is 2.44 bits per heavy atom. The van der Waals surface area contributed by atoms with Gasteiger partial charge in [0.15, 0.2) is 0 Å². The molecule has 102 valence electrons. The van der Waals surface area contributed by atoms with E-state index in [1.165, 1.54) is 31.5 Å². The largest absolute Gasteiger partial charge is 0.317 e. The summed E-state index contributed by atoms with van der Waals surface area (Å²) in [5, 5.41) is 8.46. The summed E-state index contributed by atoms with van der Waals surface area (Å²) in [5.74, 6) is 2.73. The van der Waals surface area contributed by atoms with Crippen LogP contribution in [0, 0.1) is 11.3 Å². The van der Waals surface area contributed by atoms with Gasteiger partial charge in [-0.05, 0) is 43.4 Å². The van der Waals surface area contributed by atoms with Crippen molar-refractivity contribution in [1.29, 1.82) is 0 Å². The second-order valence-corrected chi connectivity index (χ2v) is 6.80. The number of nitrogens with zero attached hydrogens (tertiary/aromatic N) is 3. The van der Waals surface area contributed by atoms with E-state index in [1.807, 2.05) is 6.33 Å². The number of rotatable bonds is 3. The SMILES string of the molecule is CCCn1cnnc1C1CCC(C(C)(C)C)CC1. The van der Waals surface area contributed by atoms with Crippen LogP contribution in [-0.4, -0.2) is 14.8 Å². The van der Waals surface area contributed by atoms with Gasteiger partial charge in [-0.2, -0.15) is 0 Å². The van der Waals surface area contributed by atoms with Gasteiger partial charge in [0.1, 0.15) is 12.2 Å². The molecule has 0 saturated heterocycles. The van der Waals surface area contributed by atoms with E-state index in [4.69, 9.17) is 0 Å². The van der Waals surface area contributed by atoms with E-state index in [0.717, 1.165) is 18.9 Å². The minimum absolute atomic E-state index is 0.460. The molecule has 0 aliphatic heterocycles. The molecule has 18 heavy (non-hydrogen) atoms. The van der Waals surface area contributed by atoms with Crippen LogP contribution in [0.25, 0.3) is 0 Å². The number of aromatic nitrogens is 3. The van der Waals surface area contributed by atoms with E-state index in [1.54, 1.807) is 0 Å². The van der Waals surface area contributed by atoms with Gasteiger partial charge in [-0.15, -0.1) is 10.2 Å². The van der Waals surface area contributed by atoms with Crippen molar-refractivity contribution in [1.82, 2.24) is 14.8 Å². The molecule has 1 aromatic rings. The van der Waals surface area contributed by atoms with Crippen molar-refractivity contribution in [2.24, 2.45) is 11.3 Å². The number of aryl methyl sites for hydroxylation is 1. The molecule has 0 bridgehead atoms. The Labute approximate surface area is 111 Å². The van der Waals surface area contributed by atoms with Crippen LogP contribution in [0.3, 0.4) is 0 Å². The van der Waals surface area contributed by atoms with Crippen molar-refractivity contribution in [3.63, 3.8) is 0 Å². The Balaban J connectivity index is 1.99. The molecule has 0 unspecified atom stereocenters. The predicted molar refractivity (Wildman–Crippen MR) is 74.5 cm³/mol. The lowest BCUT2D eigenvalue weighted by atomic mass is 9.69. The van der Waals surface area contributed by atoms with E-state index < -0.39 is 0 Å². The quantitative estimate of drug-likeness (QED) is 0.810. The van der Waals surface area contributed by atoms with Gasteiger partial charge in [0.2, 0.25) is 0 Å². The standard InChI is InChI=1S/C15H27N3/c1-5-10-18-11-16-17-14(18)12-6-8-13(9-7-12)15(2,3)4/h11-13H,5-10H2,1-4H3. The summed E-state index contributed by atoms with van der Waals surface area (Å²) >= 11 is 0. The molecule has 1 heterocycles. The number of hydrogen-bond acceptors (Lipinski definition) is 2.